The standard InChI is InChI=1S/C12H24N2O3S/c15-9-8-14(10-11-4-3-7-13-11)18(16,17)12-5-1-2-6-12/h11-13,15H,1-10H2. The lowest BCUT2D eigenvalue weighted by molar-refractivity contribution is 0.245. The number of hydrogen-bond donors (Lipinski definition) is 2. The molecular formula is C12H24N2O3S. The van der Waals surface area contributed by atoms with Crippen molar-refractivity contribution in [3.8, 4) is 0 Å². The molecule has 0 aromatic heterocycles. The number of sulfonamides is 1. The molecule has 1 aliphatic heterocycles. The van der Waals surface area contributed by atoms with Crippen LogP contribution < -0.4 is 5.32 Å². The van der Waals surface area contributed by atoms with E-state index >= 15 is 0 Å². The fourth-order valence-corrected chi connectivity index (χ4v) is 5.06. The van der Waals surface area contributed by atoms with Gasteiger partial charge in [-0.25, -0.2) is 8.42 Å². The summed E-state index contributed by atoms with van der Waals surface area (Å²) in [5.41, 5.74) is 0. The van der Waals surface area contributed by atoms with Crippen molar-refractivity contribution in [1.29, 1.82) is 0 Å². The van der Waals surface area contributed by atoms with Gasteiger partial charge in [0.15, 0.2) is 0 Å². The Morgan fingerprint density at radius 3 is 2.44 bits per heavy atom. The Morgan fingerprint density at radius 2 is 1.89 bits per heavy atom. The number of aliphatic hydroxyl groups is 1. The molecule has 1 saturated carbocycles. The first-order chi connectivity index (χ1) is 8.64. The molecule has 1 saturated heterocycles. The third-order valence-corrected chi connectivity index (χ3v) is 6.38. The number of nitrogens with one attached hydrogen (secondary N) is 1. The number of nitrogens with zero attached hydrogens (tertiary/aromatic N) is 1. The lowest BCUT2D eigenvalue weighted by Gasteiger charge is -2.27. The molecule has 6 heteroatoms. The van der Waals surface area contributed by atoms with E-state index in [1.165, 1.54) is 4.31 Å². The smallest absolute Gasteiger partial charge is 0.217 e. The van der Waals surface area contributed by atoms with Gasteiger partial charge in [-0.15, -0.1) is 0 Å². The molecule has 0 amide bonds. The van der Waals surface area contributed by atoms with E-state index in [9.17, 15) is 8.42 Å². The van der Waals surface area contributed by atoms with E-state index in [0.29, 0.717) is 6.54 Å². The van der Waals surface area contributed by atoms with Gasteiger partial charge in [-0.3, -0.25) is 0 Å². The van der Waals surface area contributed by atoms with Crippen molar-refractivity contribution in [3.63, 3.8) is 0 Å². The predicted octanol–water partition coefficient (Wildman–Crippen LogP) is 0.305. The molecule has 0 aromatic carbocycles. The van der Waals surface area contributed by atoms with Crippen LogP contribution in [-0.4, -0.2) is 55.4 Å². The minimum atomic E-state index is -3.22. The molecule has 106 valence electrons. The summed E-state index contributed by atoms with van der Waals surface area (Å²) in [6, 6.07) is 0.257. The number of rotatable bonds is 6. The Hall–Kier alpha value is -0.170. The average molecular weight is 276 g/mol. The third kappa shape index (κ3) is 3.23. The molecule has 18 heavy (non-hydrogen) atoms. The summed E-state index contributed by atoms with van der Waals surface area (Å²) in [5.74, 6) is 0. The Morgan fingerprint density at radius 1 is 1.17 bits per heavy atom. The fraction of sp³-hybridized carbons (Fsp3) is 1.00. The molecular weight excluding hydrogens is 252 g/mol. The molecule has 2 rings (SSSR count). The molecule has 2 N–H and O–H groups in total. The molecule has 1 heterocycles. The van der Waals surface area contributed by atoms with Gasteiger partial charge >= 0.3 is 0 Å². The maximum atomic E-state index is 12.5. The largest absolute Gasteiger partial charge is 0.395 e. The molecule has 1 unspecified atom stereocenters. The summed E-state index contributed by atoms with van der Waals surface area (Å²) >= 11 is 0. The zero-order valence-corrected chi connectivity index (χ0v) is 11.7. The van der Waals surface area contributed by atoms with Gasteiger partial charge < -0.3 is 10.4 Å². The molecule has 0 radical (unpaired) electrons. The van der Waals surface area contributed by atoms with Crippen LogP contribution in [0.25, 0.3) is 0 Å². The second-order valence-corrected chi connectivity index (χ2v) is 7.54. The molecule has 0 aromatic rings. The van der Waals surface area contributed by atoms with Crippen LogP contribution in [0.4, 0.5) is 0 Å². The van der Waals surface area contributed by atoms with Crippen LogP contribution in [0, 0.1) is 0 Å². The van der Waals surface area contributed by atoms with Crippen molar-refractivity contribution < 1.29 is 13.5 Å². The van der Waals surface area contributed by atoms with E-state index in [2.05, 4.69) is 5.32 Å². The van der Waals surface area contributed by atoms with E-state index in [0.717, 1.165) is 45.1 Å². The van der Waals surface area contributed by atoms with E-state index < -0.39 is 10.0 Å². The van der Waals surface area contributed by atoms with Crippen LogP contribution in [0.2, 0.25) is 0 Å². The monoisotopic (exact) mass is 276 g/mol. The Kier molecular flexibility index (Phi) is 5.00. The molecule has 5 nitrogen and oxygen atoms in total. The zero-order valence-electron chi connectivity index (χ0n) is 10.8. The Balaban J connectivity index is 2.02. The van der Waals surface area contributed by atoms with Crippen molar-refractivity contribution >= 4 is 10.0 Å². The van der Waals surface area contributed by atoms with Crippen molar-refractivity contribution in [3.05, 3.63) is 0 Å². The van der Waals surface area contributed by atoms with E-state index in [-0.39, 0.29) is 24.4 Å². The summed E-state index contributed by atoms with van der Waals surface area (Å²) in [6.45, 7) is 1.62. The zero-order chi connectivity index (χ0) is 13.0. The van der Waals surface area contributed by atoms with Crippen LogP contribution in [0.1, 0.15) is 38.5 Å². The van der Waals surface area contributed by atoms with Crippen LogP contribution in [0.3, 0.4) is 0 Å². The lowest BCUT2D eigenvalue weighted by Crippen LogP contribution is -2.45. The van der Waals surface area contributed by atoms with Gasteiger partial charge in [0, 0.05) is 19.1 Å². The summed E-state index contributed by atoms with van der Waals surface area (Å²) < 4.78 is 26.5. The van der Waals surface area contributed by atoms with Crippen LogP contribution >= 0.6 is 0 Å². The summed E-state index contributed by atoms with van der Waals surface area (Å²) in [6.07, 6.45) is 5.73. The van der Waals surface area contributed by atoms with Crippen molar-refractivity contribution in [1.82, 2.24) is 9.62 Å². The first kappa shape index (κ1) is 14.2. The minimum Gasteiger partial charge on any atom is -0.395 e. The Labute approximate surface area is 110 Å². The molecule has 2 aliphatic rings. The highest BCUT2D eigenvalue weighted by molar-refractivity contribution is 7.89. The van der Waals surface area contributed by atoms with Crippen molar-refractivity contribution in [2.75, 3.05) is 26.2 Å². The van der Waals surface area contributed by atoms with E-state index in [1.807, 2.05) is 0 Å². The highest BCUT2D eigenvalue weighted by atomic mass is 32.2. The average Bonchev–Trinajstić information content (AvgIpc) is 3.01. The summed E-state index contributed by atoms with van der Waals surface area (Å²) in [4.78, 5) is 0. The SMILES string of the molecule is O=S(=O)(C1CCCC1)N(CCO)CC1CCCN1. The summed E-state index contributed by atoms with van der Waals surface area (Å²) in [7, 11) is -3.22. The van der Waals surface area contributed by atoms with E-state index in [1.54, 1.807) is 0 Å². The molecule has 0 spiro atoms. The van der Waals surface area contributed by atoms with Gasteiger partial charge in [0.25, 0.3) is 0 Å². The van der Waals surface area contributed by atoms with Gasteiger partial charge in [-0.1, -0.05) is 12.8 Å². The van der Waals surface area contributed by atoms with Gasteiger partial charge in [0.05, 0.1) is 11.9 Å². The van der Waals surface area contributed by atoms with Crippen LogP contribution in [0.15, 0.2) is 0 Å². The second-order valence-electron chi connectivity index (χ2n) is 5.33. The number of hydrogen-bond acceptors (Lipinski definition) is 4. The normalized spacial score (nSPS) is 26.2. The Bertz CT molecular complexity index is 346. The van der Waals surface area contributed by atoms with Gasteiger partial charge in [-0.05, 0) is 32.2 Å². The van der Waals surface area contributed by atoms with E-state index in [4.69, 9.17) is 5.11 Å². The fourth-order valence-electron chi connectivity index (χ4n) is 2.99. The topological polar surface area (TPSA) is 69.6 Å². The first-order valence-electron chi connectivity index (χ1n) is 6.98. The quantitative estimate of drug-likeness (QED) is 0.732. The van der Waals surface area contributed by atoms with Crippen molar-refractivity contribution in [2.45, 2.75) is 49.8 Å². The highest BCUT2D eigenvalue weighted by Crippen LogP contribution is 2.27. The second kappa shape index (κ2) is 6.32. The molecule has 1 aliphatic carbocycles. The van der Waals surface area contributed by atoms with Gasteiger partial charge in [0.2, 0.25) is 10.0 Å². The van der Waals surface area contributed by atoms with Gasteiger partial charge in [0.1, 0.15) is 0 Å². The highest BCUT2D eigenvalue weighted by Gasteiger charge is 2.35. The van der Waals surface area contributed by atoms with Crippen molar-refractivity contribution in [2.24, 2.45) is 0 Å². The predicted molar refractivity (Wildman–Crippen MR) is 70.9 cm³/mol. The molecule has 1 atom stereocenters. The van der Waals surface area contributed by atoms with Crippen LogP contribution in [-0.2, 0) is 10.0 Å². The lowest BCUT2D eigenvalue weighted by atomic mass is 10.2. The van der Waals surface area contributed by atoms with Gasteiger partial charge in [-0.2, -0.15) is 4.31 Å². The molecule has 2 fully saturated rings. The third-order valence-electron chi connectivity index (χ3n) is 4.02. The van der Waals surface area contributed by atoms with Crippen LogP contribution in [0.5, 0.6) is 0 Å². The first-order valence-corrected chi connectivity index (χ1v) is 8.48. The maximum Gasteiger partial charge on any atom is 0.217 e. The molecule has 0 bridgehead atoms. The number of aliphatic hydroxyl groups excluding tert-OH is 1. The maximum absolute atomic E-state index is 12.5. The minimum absolute atomic E-state index is 0.0985. The summed E-state index contributed by atoms with van der Waals surface area (Å²) in [5, 5.41) is 12.2.